The first-order chi connectivity index (χ1) is 16.7. The van der Waals surface area contributed by atoms with E-state index in [0.29, 0.717) is 28.9 Å². The lowest BCUT2D eigenvalue weighted by Gasteiger charge is -2.12. The van der Waals surface area contributed by atoms with Crippen LogP contribution in [0.4, 0.5) is 0 Å². The molecule has 0 aliphatic rings. The second-order valence-electron chi connectivity index (χ2n) is 7.75. The maximum atomic E-state index is 12.9. The number of ether oxygens (including phenoxy) is 1. The Balaban J connectivity index is 1.41. The van der Waals surface area contributed by atoms with Gasteiger partial charge < -0.3 is 13.7 Å². The van der Waals surface area contributed by atoms with Gasteiger partial charge in [-0.1, -0.05) is 72.4 Å². The molecule has 2 aromatic heterocycles. The van der Waals surface area contributed by atoms with E-state index in [1.807, 2.05) is 66.7 Å². The summed E-state index contributed by atoms with van der Waals surface area (Å²) in [6.07, 6.45) is 0.812. The van der Waals surface area contributed by atoms with Crippen LogP contribution in [-0.2, 0) is 13.0 Å². The molecule has 0 fully saturated rings. The number of carbonyl (C=O) groups is 1. The fourth-order valence-corrected chi connectivity index (χ4v) is 4.67. The zero-order valence-corrected chi connectivity index (χ0v) is 19.5. The number of rotatable bonds is 9. The molecule has 0 aliphatic carbocycles. The summed E-state index contributed by atoms with van der Waals surface area (Å²) >= 11 is 1.36. The van der Waals surface area contributed by atoms with Gasteiger partial charge in [-0.3, -0.25) is 4.79 Å². The van der Waals surface area contributed by atoms with Crippen molar-refractivity contribution in [3.63, 3.8) is 0 Å². The summed E-state index contributed by atoms with van der Waals surface area (Å²) in [4.78, 5) is 12.9. The number of furan rings is 1. The van der Waals surface area contributed by atoms with Gasteiger partial charge in [0.15, 0.2) is 16.7 Å². The molecule has 0 amide bonds. The van der Waals surface area contributed by atoms with Gasteiger partial charge in [0, 0.05) is 11.9 Å². The highest BCUT2D eigenvalue weighted by atomic mass is 32.2. The minimum Gasteiger partial charge on any atom is -0.496 e. The topological polar surface area (TPSA) is 70.2 Å². The van der Waals surface area contributed by atoms with Gasteiger partial charge in [-0.15, -0.1) is 10.2 Å². The Morgan fingerprint density at radius 2 is 1.74 bits per heavy atom. The summed E-state index contributed by atoms with van der Waals surface area (Å²) in [6.45, 7) is 0.672. The minimum absolute atomic E-state index is 0.0855. The van der Waals surface area contributed by atoms with Crippen LogP contribution in [0, 0.1) is 0 Å². The van der Waals surface area contributed by atoms with Crippen LogP contribution in [0.2, 0.25) is 0 Å². The molecule has 7 heteroatoms. The van der Waals surface area contributed by atoms with Crippen molar-refractivity contribution >= 4 is 28.5 Å². The predicted octanol–water partition coefficient (Wildman–Crippen LogP) is 5.92. The number of benzene rings is 3. The lowest BCUT2D eigenvalue weighted by molar-refractivity contribution is 0.0994. The Bertz CT molecular complexity index is 1390. The Labute approximate surface area is 201 Å². The molecule has 6 nitrogen and oxygen atoms in total. The first-order valence-electron chi connectivity index (χ1n) is 11.0. The second kappa shape index (κ2) is 9.97. The number of fused-ring (bicyclic) bond motifs is 1. The molecule has 0 aliphatic heterocycles. The summed E-state index contributed by atoms with van der Waals surface area (Å²) in [7, 11) is 1.64. The highest BCUT2D eigenvalue weighted by Gasteiger charge is 2.20. The summed E-state index contributed by atoms with van der Waals surface area (Å²) in [5.74, 6) is 1.92. The van der Waals surface area contributed by atoms with Crippen molar-refractivity contribution in [2.45, 2.75) is 18.1 Å². The molecular formula is C27H23N3O3S. The van der Waals surface area contributed by atoms with E-state index in [0.717, 1.165) is 23.1 Å². The molecule has 0 bridgehead atoms. The van der Waals surface area contributed by atoms with Crippen LogP contribution in [0.5, 0.6) is 5.75 Å². The lowest BCUT2D eigenvalue weighted by Crippen LogP contribution is -2.08. The van der Waals surface area contributed by atoms with E-state index in [1.54, 1.807) is 13.2 Å². The Morgan fingerprint density at radius 3 is 2.56 bits per heavy atom. The molecule has 0 radical (unpaired) electrons. The van der Waals surface area contributed by atoms with Crippen LogP contribution in [-0.4, -0.2) is 33.4 Å². The van der Waals surface area contributed by atoms with Gasteiger partial charge in [-0.25, -0.2) is 0 Å². The number of methoxy groups -OCH3 is 1. The standard InChI is InChI=1S/C27H23N3O3S/c1-32-24-14-8-6-12-21(24)26-28-29-27(30(26)16-15-19-9-3-2-4-10-19)34-18-22(31)25-17-20-11-5-7-13-23(20)33-25/h2-14,17H,15-16,18H2,1H3. The van der Waals surface area contributed by atoms with Crippen molar-refractivity contribution in [3.05, 3.63) is 96.3 Å². The van der Waals surface area contributed by atoms with E-state index in [1.165, 1.54) is 17.3 Å². The maximum absolute atomic E-state index is 12.9. The van der Waals surface area contributed by atoms with Crippen LogP contribution < -0.4 is 4.74 Å². The van der Waals surface area contributed by atoms with Crippen molar-refractivity contribution < 1.29 is 13.9 Å². The number of hydrogen-bond donors (Lipinski definition) is 0. The van der Waals surface area contributed by atoms with Crippen LogP contribution in [0.1, 0.15) is 16.1 Å². The molecule has 0 spiro atoms. The molecule has 5 aromatic rings. The number of aryl methyl sites for hydroxylation is 1. The third-order valence-electron chi connectivity index (χ3n) is 5.56. The Morgan fingerprint density at radius 1 is 0.971 bits per heavy atom. The third kappa shape index (κ3) is 4.61. The Hall–Kier alpha value is -3.84. The van der Waals surface area contributed by atoms with Crippen molar-refractivity contribution in [3.8, 4) is 17.1 Å². The monoisotopic (exact) mass is 469 g/mol. The van der Waals surface area contributed by atoms with E-state index in [4.69, 9.17) is 9.15 Å². The van der Waals surface area contributed by atoms with E-state index in [-0.39, 0.29) is 11.5 Å². The van der Waals surface area contributed by atoms with Gasteiger partial charge in [-0.05, 0) is 36.2 Å². The minimum atomic E-state index is -0.0855. The van der Waals surface area contributed by atoms with Crippen molar-refractivity contribution in [1.29, 1.82) is 0 Å². The van der Waals surface area contributed by atoms with Gasteiger partial charge in [0.25, 0.3) is 0 Å². The maximum Gasteiger partial charge on any atom is 0.208 e. The van der Waals surface area contributed by atoms with Crippen LogP contribution in [0.25, 0.3) is 22.4 Å². The number of thioether (sulfide) groups is 1. The Kier molecular flexibility index (Phi) is 6.44. The summed E-state index contributed by atoms with van der Waals surface area (Å²) < 4.78 is 13.4. The zero-order valence-electron chi connectivity index (χ0n) is 18.7. The van der Waals surface area contributed by atoms with Crippen LogP contribution >= 0.6 is 11.8 Å². The van der Waals surface area contributed by atoms with E-state index in [2.05, 4.69) is 26.9 Å². The highest BCUT2D eigenvalue weighted by Crippen LogP contribution is 2.31. The van der Waals surface area contributed by atoms with Crippen molar-refractivity contribution in [2.75, 3.05) is 12.9 Å². The fourth-order valence-electron chi connectivity index (χ4n) is 3.83. The van der Waals surface area contributed by atoms with E-state index >= 15 is 0 Å². The quantitative estimate of drug-likeness (QED) is 0.197. The number of hydrogen-bond acceptors (Lipinski definition) is 6. The van der Waals surface area contributed by atoms with Gasteiger partial charge in [0.05, 0.1) is 18.4 Å². The molecule has 170 valence electrons. The average Bonchev–Trinajstić information content (AvgIpc) is 3.50. The summed E-state index contributed by atoms with van der Waals surface area (Å²) in [5, 5.41) is 10.5. The lowest BCUT2D eigenvalue weighted by atomic mass is 10.1. The first kappa shape index (κ1) is 22.0. The molecule has 34 heavy (non-hydrogen) atoms. The number of ketones is 1. The summed E-state index contributed by atoms with van der Waals surface area (Å²) in [6, 6.07) is 27.4. The number of Topliss-reactive ketones (excluding diaryl/α,β-unsaturated/α-hetero) is 1. The zero-order chi connectivity index (χ0) is 23.3. The number of aromatic nitrogens is 3. The van der Waals surface area contributed by atoms with Crippen LogP contribution in [0.15, 0.2) is 94.5 Å². The predicted molar refractivity (Wildman–Crippen MR) is 133 cm³/mol. The fraction of sp³-hybridized carbons (Fsp3) is 0.148. The molecule has 0 atom stereocenters. The summed E-state index contributed by atoms with van der Waals surface area (Å²) in [5.41, 5.74) is 2.79. The number of para-hydroxylation sites is 2. The SMILES string of the molecule is COc1ccccc1-c1nnc(SCC(=O)c2cc3ccccc3o2)n1CCc1ccccc1. The van der Waals surface area contributed by atoms with E-state index in [9.17, 15) is 4.79 Å². The number of carbonyl (C=O) groups excluding carboxylic acids is 1. The molecule has 3 aromatic carbocycles. The normalized spacial score (nSPS) is 11.1. The smallest absolute Gasteiger partial charge is 0.208 e. The molecule has 0 unspecified atom stereocenters. The first-order valence-corrected chi connectivity index (χ1v) is 12.0. The van der Waals surface area contributed by atoms with Gasteiger partial charge in [0.2, 0.25) is 5.78 Å². The molecule has 0 saturated carbocycles. The van der Waals surface area contributed by atoms with Gasteiger partial charge in [0.1, 0.15) is 11.3 Å². The largest absolute Gasteiger partial charge is 0.496 e. The highest BCUT2D eigenvalue weighted by molar-refractivity contribution is 7.99. The third-order valence-corrected chi connectivity index (χ3v) is 6.53. The van der Waals surface area contributed by atoms with Gasteiger partial charge >= 0.3 is 0 Å². The van der Waals surface area contributed by atoms with Crippen molar-refractivity contribution in [1.82, 2.24) is 14.8 Å². The van der Waals surface area contributed by atoms with Crippen molar-refractivity contribution in [2.24, 2.45) is 0 Å². The number of nitrogens with zero attached hydrogens (tertiary/aromatic N) is 3. The molecule has 0 saturated heterocycles. The molecule has 5 rings (SSSR count). The van der Waals surface area contributed by atoms with Crippen LogP contribution in [0.3, 0.4) is 0 Å². The molecular weight excluding hydrogens is 446 g/mol. The van der Waals surface area contributed by atoms with E-state index < -0.39 is 0 Å². The molecule has 2 heterocycles. The van der Waals surface area contributed by atoms with Gasteiger partial charge in [-0.2, -0.15) is 0 Å². The average molecular weight is 470 g/mol. The second-order valence-corrected chi connectivity index (χ2v) is 8.70. The molecule has 0 N–H and O–H groups in total.